The summed E-state index contributed by atoms with van der Waals surface area (Å²) in [6.45, 7) is 0.399. The van der Waals surface area contributed by atoms with Crippen LogP contribution < -0.4 is 11.1 Å². The molecule has 1 amide bonds. The number of carbonyl (C=O) groups is 1. The van der Waals surface area contributed by atoms with E-state index < -0.39 is 0 Å². The topological polar surface area (TPSA) is 83.8 Å². The van der Waals surface area contributed by atoms with Crippen LogP contribution in [0.15, 0.2) is 36.8 Å². The van der Waals surface area contributed by atoms with Gasteiger partial charge in [-0.1, -0.05) is 24.4 Å². The Balaban J connectivity index is 2.04. The van der Waals surface area contributed by atoms with Crippen molar-refractivity contribution in [2.75, 3.05) is 0 Å². The number of amides is 1. The van der Waals surface area contributed by atoms with Crippen LogP contribution in [0.3, 0.4) is 0 Å². The maximum atomic E-state index is 11.9. The summed E-state index contributed by atoms with van der Waals surface area (Å²) in [4.78, 5) is 18.9. The molecule has 6 heteroatoms. The van der Waals surface area contributed by atoms with Gasteiger partial charge in [-0.3, -0.25) is 4.79 Å². The molecular formula is C12H12N4OS. The van der Waals surface area contributed by atoms with Gasteiger partial charge in [-0.25, -0.2) is 4.98 Å². The van der Waals surface area contributed by atoms with Crippen LogP contribution in [0.4, 0.5) is 0 Å². The van der Waals surface area contributed by atoms with Crippen molar-refractivity contribution in [3.05, 3.63) is 53.6 Å². The summed E-state index contributed by atoms with van der Waals surface area (Å²) in [5, 5.41) is 2.77. The standard InChI is InChI=1S/C12H12N4OS/c13-11(18)8-2-1-3-9(4-8)12(17)15-6-10-5-14-7-16-10/h1-5,7H,6H2,(H2,13,18)(H,14,16)(H,15,17). The smallest absolute Gasteiger partial charge is 0.251 e. The second-order valence-corrected chi connectivity index (χ2v) is 4.14. The summed E-state index contributed by atoms with van der Waals surface area (Å²) in [6.07, 6.45) is 3.22. The predicted octanol–water partition coefficient (Wildman–Crippen LogP) is 0.974. The van der Waals surface area contributed by atoms with Gasteiger partial charge in [0.15, 0.2) is 0 Å². The number of nitrogens with one attached hydrogen (secondary N) is 2. The molecule has 2 aromatic rings. The average Bonchev–Trinajstić information content (AvgIpc) is 2.89. The summed E-state index contributed by atoms with van der Waals surface area (Å²) in [6, 6.07) is 6.91. The Hall–Kier alpha value is -2.21. The molecule has 4 N–H and O–H groups in total. The third kappa shape index (κ3) is 2.92. The second kappa shape index (κ2) is 5.42. The van der Waals surface area contributed by atoms with Crippen LogP contribution in [-0.2, 0) is 6.54 Å². The Morgan fingerprint density at radius 3 is 2.89 bits per heavy atom. The van der Waals surface area contributed by atoms with Gasteiger partial charge in [0.05, 0.1) is 18.6 Å². The van der Waals surface area contributed by atoms with E-state index in [2.05, 4.69) is 15.3 Å². The molecule has 0 atom stereocenters. The minimum absolute atomic E-state index is 0.178. The van der Waals surface area contributed by atoms with Crippen molar-refractivity contribution >= 4 is 23.1 Å². The van der Waals surface area contributed by atoms with Gasteiger partial charge in [0.1, 0.15) is 4.99 Å². The molecule has 0 aliphatic rings. The lowest BCUT2D eigenvalue weighted by atomic mass is 10.1. The SMILES string of the molecule is NC(=S)c1cccc(C(=O)NCc2cnc[nH]2)c1. The largest absolute Gasteiger partial charge is 0.389 e. The fourth-order valence-electron chi connectivity index (χ4n) is 1.47. The monoisotopic (exact) mass is 260 g/mol. The van der Waals surface area contributed by atoms with Gasteiger partial charge in [-0.2, -0.15) is 0 Å². The van der Waals surface area contributed by atoms with E-state index in [4.69, 9.17) is 18.0 Å². The Bertz CT molecular complexity index is 565. The number of imidazole rings is 1. The summed E-state index contributed by atoms with van der Waals surface area (Å²) < 4.78 is 0. The normalized spacial score (nSPS) is 10.0. The van der Waals surface area contributed by atoms with Crippen LogP contribution in [0, 0.1) is 0 Å². The highest BCUT2D eigenvalue weighted by Crippen LogP contribution is 2.05. The minimum Gasteiger partial charge on any atom is -0.389 e. The summed E-state index contributed by atoms with van der Waals surface area (Å²) in [5.74, 6) is -0.178. The Labute approximate surface area is 109 Å². The van der Waals surface area contributed by atoms with Crippen LogP contribution in [0.25, 0.3) is 0 Å². The molecule has 1 aromatic carbocycles. The van der Waals surface area contributed by atoms with Gasteiger partial charge in [-0.05, 0) is 12.1 Å². The number of benzene rings is 1. The highest BCUT2D eigenvalue weighted by Gasteiger charge is 2.07. The molecule has 0 saturated carbocycles. The molecule has 5 nitrogen and oxygen atoms in total. The van der Waals surface area contributed by atoms with Gasteiger partial charge < -0.3 is 16.0 Å². The third-order valence-corrected chi connectivity index (χ3v) is 2.64. The number of hydrogen-bond acceptors (Lipinski definition) is 3. The lowest BCUT2D eigenvalue weighted by Crippen LogP contribution is -2.23. The molecule has 18 heavy (non-hydrogen) atoms. The van der Waals surface area contributed by atoms with E-state index in [9.17, 15) is 4.79 Å². The van der Waals surface area contributed by atoms with E-state index in [0.29, 0.717) is 17.7 Å². The lowest BCUT2D eigenvalue weighted by Gasteiger charge is -2.05. The van der Waals surface area contributed by atoms with E-state index in [1.165, 1.54) is 0 Å². The maximum absolute atomic E-state index is 11.9. The molecule has 0 aliphatic heterocycles. The average molecular weight is 260 g/mol. The number of hydrogen-bond donors (Lipinski definition) is 3. The lowest BCUT2D eigenvalue weighted by molar-refractivity contribution is 0.0950. The first-order chi connectivity index (χ1) is 8.66. The minimum atomic E-state index is -0.178. The van der Waals surface area contributed by atoms with Crippen LogP contribution in [-0.4, -0.2) is 20.9 Å². The highest BCUT2D eigenvalue weighted by atomic mass is 32.1. The first-order valence-corrected chi connectivity index (χ1v) is 5.73. The fraction of sp³-hybridized carbons (Fsp3) is 0.0833. The van der Waals surface area contributed by atoms with Crippen molar-refractivity contribution in [2.45, 2.75) is 6.54 Å². The number of carbonyl (C=O) groups excluding carboxylic acids is 1. The van der Waals surface area contributed by atoms with Crippen LogP contribution in [0.5, 0.6) is 0 Å². The molecule has 0 radical (unpaired) electrons. The molecule has 1 heterocycles. The Kier molecular flexibility index (Phi) is 3.69. The van der Waals surface area contributed by atoms with Gasteiger partial charge >= 0.3 is 0 Å². The molecule has 0 fully saturated rings. The summed E-state index contributed by atoms with van der Waals surface area (Å²) in [5.41, 5.74) is 7.57. The number of H-pyrrole nitrogens is 1. The van der Waals surface area contributed by atoms with Crippen molar-refractivity contribution in [2.24, 2.45) is 5.73 Å². The van der Waals surface area contributed by atoms with E-state index in [0.717, 1.165) is 5.69 Å². The number of aromatic amines is 1. The number of thiocarbonyl (C=S) groups is 1. The van der Waals surface area contributed by atoms with Crippen molar-refractivity contribution < 1.29 is 4.79 Å². The molecule has 0 bridgehead atoms. The Morgan fingerprint density at radius 1 is 1.44 bits per heavy atom. The number of nitrogens with zero attached hydrogens (tertiary/aromatic N) is 1. The van der Waals surface area contributed by atoms with E-state index >= 15 is 0 Å². The zero-order chi connectivity index (χ0) is 13.0. The number of nitrogens with two attached hydrogens (primary N) is 1. The molecule has 0 unspecified atom stereocenters. The third-order valence-electron chi connectivity index (χ3n) is 2.40. The molecule has 2 rings (SSSR count). The molecule has 0 aliphatic carbocycles. The molecule has 0 saturated heterocycles. The first kappa shape index (κ1) is 12.3. The molecular weight excluding hydrogens is 248 g/mol. The predicted molar refractivity (Wildman–Crippen MR) is 72.1 cm³/mol. The van der Waals surface area contributed by atoms with Gasteiger partial charge in [0.2, 0.25) is 0 Å². The second-order valence-electron chi connectivity index (χ2n) is 3.70. The molecule has 1 aromatic heterocycles. The van der Waals surface area contributed by atoms with E-state index in [1.54, 1.807) is 36.8 Å². The van der Waals surface area contributed by atoms with Gasteiger partial charge in [0, 0.05) is 17.3 Å². The van der Waals surface area contributed by atoms with Gasteiger partial charge in [-0.15, -0.1) is 0 Å². The highest BCUT2D eigenvalue weighted by molar-refractivity contribution is 7.80. The number of rotatable bonds is 4. The van der Waals surface area contributed by atoms with Crippen LogP contribution in [0.1, 0.15) is 21.6 Å². The summed E-state index contributed by atoms with van der Waals surface area (Å²) in [7, 11) is 0. The number of aromatic nitrogens is 2. The van der Waals surface area contributed by atoms with Crippen molar-refractivity contribution in [1.82, 2.24) is 15.3 Å². The van der Waals surface area contributed by atoms with Gasteiger partial charge in [0.25, 0.3) is 5.91 Å². The fourth-order valence-corrected chi connectivity index (χ4v) is 1.60. The zero-order valence-corrected chi connectivity index (χ0v) is 10.3. The molecule has 0 spiro atoms. The zero-order valence-electron chi connectivity index (χ0n) is 9.51. The quantitative estimate of drug-likeness (QED) is 0.715. The van der Waals surface area contributed by atoms with Crippen molar-refractivity contribution in [1.29, 1.82) is 0 Å². The van der Waals surface area contributed by atoms with Crippen molar-refractivity contribution in [3.63, 3.8) is 0 Å². The maximum Gasteiger partial charge on any atom is 0.251 e. The van der Waals surface area contributed by atoms with Crippen molar-refractivity contribution in [3.8, 4) is 0 Å². The van der Waals surface area contributed by atoms with Crippen LogP contribution in [0.2, 0.25) is 0 Å². The summed E-state index contributed by atoms with van der Waals surface area (Å²) >= 11 is 4.87. The van der Waals surface area contributed by atoms with E-state index in [1.807, 2.05) is 0 Å². The molecule has 92 valence electrons. The van der Waals surface area contributed by atoms with Crippen LogP contribution >= 0.6 is 12.2 Å². The first-order valence-electron chi connectivity index (χ1n) is 5.32. The Morgan fingerprint density at radius 2 is 2.22 bits per heavy atom. The van der Waals surface area contributed by atoms with E-state index in [-0.39, 0.29) is 10.9 Å².